The van der Waals surface area contributed by atoms with E-state index in [-0.39, 0.29) is 22.3 Å². The summed E-state index contributed by atoms with van der Waals surface area (Å²) >= 11 is 0. The van der Waals surface area contributed by atoms with Crippen LogP contribution in [0.15, 0.2) is 36.4 Å². The molecule has 2 aromatic carbocycles. The van der Waals surface area contributed by atoms with E-state index in [4.69, 9.17) is 0 Å². The second kappa shape index (κ2) is 3.76. The van der Waals surface area contributed by atoms with Crippen molar-refractivity contribution in [2.24, 2.45) is 0 Å². The minimum Gasteiger partial charge on any atom is -0.289 e. The van der Waals surface area contributed by atoms with Crippen LogP contribution in [-0.4, -0.2) is 10.7 Å². The van der Waals surface area contributed by atoms with E-state index in [1.54, 1.807) is 18.2 Å². The average Bonchev–Trinajstić information content (AvgIpc) is 3.26. The van der Waals surface area contributed by atoms with Crippen molar-refractivity contribution in [1.29, 1.82) is 0 Å². The fraction of sp³-hybridized carbons (Fsp3) is 0.188. The van der Waals surface area contributed by atoms with Crippen LogP contribution >= 0.6 is 0 Å². The molecule has 98 valence electrons. The van der Waals surface area contributed by atoms with E-state index in [0.717, 1.165) is 24.0 Å². The van der Waals surface area contributed by atoms with Gasteiger partial charge >= 0.3 is 0 Å². The third kappa shape index (κ3) is 1.45. The second-order valence-electron chi connectivity index (χ2n) is 5.36. The van der Waals surface area contributed by atoms with Gasteiger partial charge in [-0.15, -0.1) is 0 Å². The molecular weight excluding hydrogens is 254 g/mol. The predicted molar refractivity (Wildman–Crippen MR) is 73.9 cm³/mol. The van der Waals surface area contributed by atoms with E-state index in [0.29, 0.717) is 16.7 Å². The number of fused-ring (bicyclic) bond motifs is 3. The predicted octanol–water partition coefficient (Wildman–Crippen LogP) is 3.68. The number of nitro benzene ring substituents is 1. The van der Waals surface area contributed by atoms with E-state index in [9.17, 15) is 14.9 Å². The molecule has 0 bridgehead atoms. The Labute approximate surface area is 115 Å². The summed E-state index contributed by atoms with van der Waals surface area (Å²) in [5.74, 6) is 0.226. The third-order valence-corrected chi connectivity index (χ3v) is 4.09. The molecule has 0 aliphatic heterocycles. The number of rotatable bonds is 2. The Balaban J connectivity index is 2.01. The van der Waals surface area contributed by atoms with Crippen LogP contribution in [0, 0.1) is 10.1 Å². The molecule has 1 fully saturated rings. The van der Waals surface area contributed by atoms with Crippen LogP contribution in [-0.2, 0) is 0 Å². The molecule has 0 saturated heterocycles. The molecule has 2 aromatic rings. The fourth-order valence-corrected chi connectivity index (χ4v) is 2.96. The number of ketones is 1. The van der Waals surface area contributed by atoms with Gasteiger partial charge in [0.2, 0.25) is 0 Å². The van der Waals surface area contributed by atoms with Crippen LogP contribution < -0.4 is 0 Å². The number of benzene rings is 2. The van der Waals surface area contributed by atoms with Crippen molar-refractivity contribution in [3.63, 3.8) is 0 Å². The van der Waals surface area contributed by atoms with Gasteiger partial charge in [0.1, 0.15) is 0 Å². The molecular formula is C16H11NO3. The minimum atomic E-state index is -0.334. The Hall–Kier alpha value is -2.49. The molecule has 2 aliphatic rings. The Morgan fingerprint density at radius 3 is 2.35 bits per heavy atom. The van der Waals surface area contributed by atoms with Crippen molar-refractivity contribution in [3.8, 4) is 11.1 Å². The van der Waals surface area contributed by atoms with Crippen LogP contribution in [0.4, 0.5) is 5.69 Å². The fourth-order valence-electron chi connectivity index (χ4n) is 2.96. The number of nitro groups is 1. The molecule has 4 heteroatoms. The number of hydrogen-bond acceptors (Lipinski definition) is 3. The maximum Gasteiger partial charge on any atom is 0.273 e. The molecule has 0 heterocycles. The molecule has 0 spiro atoms. The number of carbonyl (C=O) groups excluding carboxylic acids is 1. The van der Waals surface area contributed by atoms with Crippen LogP contribution in [0.5, 0.6) is 0 Å². The van der Waals surface area contributed by atoms with Gasteiger partial charge in [-0.25, -0.2) is 0 Å². The van der Waals surface area contributed by atoms with Crippen LogP contribution in [0.25, 0.3) is 11.1 Å². The quantitative estimate of drug-likeness (QED) is 0.524. The van der Waals surface area contributed by atoms with Crippen molar-refractivity contribution >= 4 is 11.5 Å². The van der Waals surface area contributed by atoms with Crippen molar-refractivity contribution in [2.45, 2.75) is 18.8 Å². The molecule has 0 amide bonds. The highest BCUT2D eigenvalue weighted by Crippen LogP contribution is 2.48. The molecule has 4 rings (SSSR count). The van der Waals surface area contributed by atoms with Crippen molar-refractivity contribution in [3.05, 3.63) is 63.2 Å². The normalized spacial score (nSPS) is 15.9. The van der Waals surface area contributed by atoms with E-state index >= 15 is 0 Å². The van der Waals surface area contributed by atoms with Crippen molar-refractivity contribution < 1.29 is 9.72 Å². The van der Waals surface area contributed by atoms with E-state index < -0.39 is 0 Å². The molecule has 0 N–H and O–H groups in total. The summed E-state index contributed by atoms with van der Waals surface area (Å²) in [6.07, 6.45) is 1.95. The molecule has 0 radical (unpaired) electrons. The van der Waals surface area contributed by atoms with Gasteiger partial charge < -0.3 is 0 Å². The lowest BCUT2D eigenvalue weighted by Crippen LogP contribution is -1.99. The zero-order chi connectivity index (χ0) is 13.9. The van der Waals surface area contributed by atoms with Crippen LogP contribution in [0.2, 0.25) is 0 Å². The monoisotopic (exact) mass is 265 g/mol. The summed E-state index contributed by atoms with van der Waals surface area (Å²) in [4.78, 5) is 23.3. The Bertz CT molecular complexity index is 775. The summed E-state index contributed by atoms with van der Waals surface area (Å²) in [6.45, 7) is 0. The molecule has 4 nitrogen and oxygen atoms in total. The Morgan fingerprint density at radius 1 is 1.00 bits per heavy atom. The third-order valence-electron chi connectivity index (χ3n) is 4.09. The van der Waals surface area contributed by atoms with Gasteiger partial charge in [-0.3, -0.25) is 14.9 Å². The minimum absolute atomic E-state index is 0.0209. The first-order valence-corrected chi connectivity index (χ1v) is 6.63. The summed E-state index contributed by atoms with van der Waals surface area (Å²) < 4.78 is 0. The number of nitrogens with zero attached hydrogens (tertiary/aromatic N) is 1. The largest absolute Gasteiger partial charge is 0.289 e. The highest BCUT2D eigenvalue weighted by atomic mass is 16.6. The molecule has 0 unspecified atom stereocenters. The molecule has 2 aliphatic carbocycles. The van der Waals surface area contributed by atoms with Crippen LogP contribution in [0.3, 0.4) is 0 Å². The first-order valence-electron chi connectivity index (χ1n) is 6.63. The Kier molecular flexibility index (Phi) is 2.13. The first kappa shape index (κ1) is 11.3. The van der Waals surface area contributed by atoms with Gasteiger partial charge in [0, 0.05) is 28.3 Å². The zero-order valence-corrected chi connectivity index (χ0v) is 10.6. The smallest absolute Gasteiger partial charge is 0.273 e. The van der Waals surface area contributed by atoms with Gasteiger partial charge in [-0.2, -0.15) is 0 Å². The lowest BCUT2D eigenvalue weighted by atomic mass is 9.99. The summed E-state index contributed by atoms with van der Waals surface area (Å²) in [5, 5.41) is 11.3. The van der Waals surface area contributed by atoms with E-state index in [1.165, 1.54) is 0 Å². The SMILES string of the molecule is O=C1c2ccccc2-c2cc([N+](=O)[O-])c(C3CC3)cc21. The van der Waals surface area contributed by atoms with Gasteiger partial charge in [-0.05, 0) is 30.4 Å². The van der Waals surface area contributed by atoms with Gasteiger partial charge in [0.25, 0.3) is 5.69 Å². The Morgan fingerprint density at radius 2 is 1.70 bits per heavy atom. The standard InChI is InChI=1S/C16H11NO3/c18-16-11-4-2-1-3-10(11)13-8-15(17(19)20)12(7-14(13)16)9-5-6-9/h1-4,7-9H,5-6H2. The van der Waals surface area contributed by atoms with Gasteiger partial charge in [-0.1, -0.05) is 24.3 Å². The van der Waals surface area contributed by atoms with Gasteiger partial charge in [0.05, 0.1) is 4.92 Å². The van der Waals surface area contributed by atoms with Gasteiger partial charge in [0.15, 0.2) is 5.78 Å². The van der Waals surface area contributed by atoms with E-state index in [1.807, 2.05) is 18.2 Å². The second-order valence-corrected chi connectivity index (χ2v) is 5.36. The summed E-state index contributed by atoms with van der Waals surface area (Å²) in [7, 11) is 0. The molecule has 0 atom stereocenters. The molecule has 0 aromatic heterocycles. The number of carbonyl (C=O) groups is 1. The molecule has 20 heavy (non-hydrogen) atoms. The lowest BCUT2D eigenvalue weighted by molar-refractivity contribution is -0.385. The number of hydrogen-bond donors (Lipinski definition) is 0. The zero-order valence-electron chi connectivity index (χ0n) is 10.6. The summed E-state index contributed by atoms with van der Waals surface area (Å²) in [6, 6.07) is 10.6. The topological polar surface area (TPSA) is 60.2 Å². The van der Waals surface area contributed by atoms with Crippen molar-refractivity contribution in [1.82, 2.24) is 0 Å². The maximum absolute atomic E-state index is 12.4. The maximum atomic E-state index is 12.4. The van der Waals surface area contributed by atoms with E-state index in [2.05, 4.69) is 0 Å². The molecule has 1 saturated carbocycles. The lowest BCUT2D eigenvalue weighted by Gasteiger charge is -2.05. The average molecular weight is 265 g/mol. The highest BCUT2D eigenvalue weighted by molar-refractivity contribution is 6.22. The van der Waals surface area contributed by atoms with Crippen LogP contribution in [0.1, 0.15) is 40.2 Å². The van der Waals surface area contributed by atoms with Crippen molar-refractivity contribution in [2.75, 3.05) is 0 Å². The first-order chi connectivity index (χ1) is 9.66. The highest BCUT2D eigenvalue weighted by Gasteiger charge is 2.35. The summed E-state index contributed by atoms with van der Waals surface area (Å²) in [5.41, 5.74) is 3.62.